The standard InChI is InChI=1S/C11H14N4S/c1-3-10-14-11(16-15-10)13-8(2)9-6-4-5-7-12-9/h4-8H,3H2,1-2H3,(H,13,14,15). The third-order valence-corrected chi connectivity index (χ3v) is 2.94. The Morgan fingerprint density at radius 2 is 2.31 bits per heavy atom. The molecule has 16 heavy (non-hydrogen) atoms. The normalized spacial score (nSPS) is 12.4. The van der Waals surface area contributed by atoms with Crippen LogP contribution in [0, 0.1) is 0 Å². The van der Waals surface area contributed by atoms with Gasteiger partial charge in [0.05, 0.1) is 11.7 Å². The van der Waals surface area contributed by atoms with E-state index in [2.05, 4.69) is 26.6 Å². The Balaban J connectivity index is 2.05. The van der Waals surface area contributed by atoms with Crippen LogP contribution in [0.3, 0.4) is 0 Å². The van der Waals surface area contributed by atoms with Crippen molar-refractivity contribution in [3.05, 3.63) is 35.9 Å². The van der Waals surface area contributed by atoms with Crippen LogP contribution in [-0.4, -0.2) is 14.3 Å². The van der Waals surface area contributed by atoms with Gasteiger partial charge < -0.3 is 5.32 Å². The van der Waals surface area contributed by atoms with E-state index in [1.165, 1.54) is 11.5 Å². The Labute approximate surface area is 98.9 Å². The molecule has 0 amide bonds. The molecular weight excluding hydrogens is 220 g/mol. The molecule has 5 heteroatoms. The number of nitrogens with zero attached hydrogens (tertiary/aromatic N) is 3. The predicted molar refractivity (Wildman–Crippen MR) is 65.6 cm³/mol. The van der Waals surface area contributed by atoms with Crippen molar-refractivity contribution in [1.29, 1.82) is 0 Å². The monoisotopic (exact) mass is 234 g/mol. The van der Waals surface area contributed by atoms with Gasteiger partial charge in [0.1, 0.15) is 5.82 Å². The van der Waals surface area contributed by atoms with Gasteiger partial charge in [-0.15, -0.1) is 0 Å². The maximum absolute atomic E-state index is 4.36. The third kappa shape index (κ3) is 2.55. The van der Waals surface area contributed by atoms with Crippen LogP contribution in [0.2, 0.25) is 0 Å². The summed E-state index contributed by atoms with van der Waals surface area (Å²) in [5, 5.41) is 4.15. The number of rotatable bonds is 4. The lowest BCUT2D eigenvalue weighted by Gasteiger charge is -2.11. The number of hydrogen-bond acceptors (Lipinski definition) is 5. The molecule has 2 heterocycles. The summed E-state index contributed by atoms with van der Waals surface area (Å²) >= 11 is 1.40. The SMILES string of the molecule is CCc1nsc(NC(C)c2ccccn2)n1. The molecule has 0 saturated heterocycles. The fourth-order valence-electron chi connectivity index (χ4n) is 1.35. The molecule has 0 aromatic carbocycles. The highest BCUT2D eigenvalue weighted by atomic mass is 32.1. The van der Waals surface area contributed by atoms with Crippen molar-refractivity contribution in [1.82, 2.24) is 14.3 Å². The number of anilines is 1. The Bertz CT molecular complexity index is 440. The van der Waals surface area contributed by atoms with Crippen molar-refractivity contribution in [2.24, 2.45) is 0 Å². The van der Waals surface area contributed by atoms with Gasteiger partial charge in [-0.1, -0.05) is 13.0 Å². The van der Waals surface area contributed by atoms with E-state index < -0.39 is 0 Å². The highest BCUT2D eigenvalue weighted by Gasteiger charge is 2.08. The molecule has 2 aromatic rings. The van der Waals surface area contributed by atoms with Gasteiger partial charge in [-0.25, -0.2) is 4.98 Å². The zero-order valence-electron chi connectivity index (χ0n) is 9.34. The van der Waals surface area contributed by atoms with Gasteiger partial charge in [0.2, 0.25) is 5.13 Å². The molecule has 2 aromatic heterocycles. The second-order valence-electron chi connectivity index (χ2n) is 3.49. The molecule has 1 atom stereocenters. The maximum Gasteiger partial charge on any atom is 0.203 e. The molecule has 4 nitrogen and oxygen atoms in total. The van der Waals surface area contributed by atoms with Crippen molar-refractivity contribution in [3.63, 3.8) is 0 Å². The zero-order chi connectivity index (χ0) is 11.4. The van der Waals surface area contributed by atoms with Gasteiger partial charge >= 0.3 is 0 Å². The van der Waals surface area contributed by atoms with E-state index in [0.29, 0.717) is 0 Å². The van der Waals surface area contributed by atoms with Crippen LogP contribution < -0.4 is 5.32 Å². The van der Waals surface area contributed by atoms with E-state index in [1.807, 2.05) is 25.1 Å². The number of nitrogens with one attached hydrogen (secondary N) is 1. The lowest BCUT2D eigenvalue weighted by atomic mass is 10.2. The smallest absolute Gasteiger partial charge is 0.203 e. The minimum absolute atomic E-state index is 0.152. The predicted octanol–water partition coefficient (Wildman–Crippen LogP) is 2.67. The lowest BCUT2D eigenvalue weighted by Crippen LogP contribution is -2.07. The molecule has 1 N–H and O–H groups in total. The molecule has 84 valence electrons. The van der Waals surface area contributed by atoms with Crippen LogP contribution in [0.5, 0.6) is 0 Å². The van der Waals surface area contributed by atoms with Crippen LogP contribution in [0.25, 0.3) is 0 Å². The summed E-state index contributed by atoms with van der Waals surface area (Å²) in [6.45, 7) is 4.11. The van der Waals surface area contributed by atoms with Crippen molar-refractivity contribution in [3.8, 4) is 0 Å². The van der Waals surface area contributed by atoms with Gasteiger partial charge in [0.15, 0.2) is 0 Å². The fourth-order valence-corrected chi connectivity index (χ4v) is 2.08. The summed E-state index contributed by atoms with van der Waals surface area (Å²) < 4.78 is 4.23. The Morgan fingerprint density at radius 3 is 2.94 bits per heavy atom. The highest BCUT2D eigenvalue weighted by Crippen LogP contribution is 2.18. The Kier molecular flexibility index (Phi) is 3.46. The van der Waals surface area contributed by atoms with Gasteiger partial charge in [0, 0.05) is 24.2 Å². The van der Waals surface area contributed by atoms with E-state index in [1.54, 1.807) is 6.20 Å². The molecule has 0 radical (unpaired) electrons. The van der Waals surface area contributed by atoms with Crippen molar-refractivity contribution in [2.45, 2.75) is 26.3 Å². The van der Waals surface area contributed by atoms with E-state index in [-0.39, 0.29) is 6.04 Å². The molecule has 0 aliphatic carbocycles. The van der Waals surface area contributed by atoms with Crippen molar-refractivity contribution < 1.29 is 0 Å². The molecule has 0 bridgehead atoms. The summed E-state index contributed by atoms with van der Waals surface area (Å²) in [5.74, 6) is 0.890. The molecule has 0 aliphatic heterocycles. The van der Waals surface area contributed by atoms with Crippen LogP contribution in [0.4, 0.5) is 5.13 Å². The molecule has 0 fully saturated rings. The van der Waals surface area contributed by atoms with E-state index in [9.17, 15) is 0 Å². The summed E-state index contributed by atoms with van der Waals surface area (Å²) in [7, 11) is 0. The van der Waals surface area contributed by atoms with Gasteiger partial charge in [-0.3, -0.25) is 4.98 Å². The van der Waals surface area contributed by atoms with Crippen LogP contribution in [0.1, 0.15) is 31.4 Å². The lowest BCUT2D eigenvalue weighted by molar-refractivity contribution is 0.834. The van der Waals surface area contributed by atoms with Crippen LogP contribution in [0.15, 0.2) is 24.4 Å². The average molecular weight is 234 g/mol. The van der Waals surface area contributed by atoms with Crippen molar-refractivity contribution >= 4 is 16.7 Å². The third-order valence-electron chi connectivity index (χ3n) is 2.26. The fraction of sp³-hybridized carbons (Fsp3) is 0.364. The first-order valence-corrected chi connectivity index (χ1v) is 6.07. The van der Waals surface area contributed by atoms with Crippen LogP contribution >= 0.6 is 11.5 Å². The average Bonchev–Trinajstić information content (AvgIpc) is 2.78. The second kappa shape index (κ2) is 5.03. The minimum Gasteiger partial charge on any atom is -0.352 e. The van der Waals surface area contributed by atoms with Gasteiger partial charge in [0.25, 0.3) is 0 Å². The van der Waals surface area contributed by atoms with Gasteiger partial charge in [-0.05, 0) is 19.1 Å². The maximum atomic E-state index is 4.36. The quantitative estimate of drug-likeness (QED) is 0.883. The van der Waals surface area contributed by atoms with E-state index in [4.69, 9.17) is 0 Å². The molecule has 0 spiro atoms. The summed E-state index contributed by atoms with van der Waals surface area (Å²) in [6.07, 6.45) is 2.67. The number of aryl methyl sites for hydroxylation is 1. The zero-order valence-corrected chi connectivity index (χ0v) is 10.2. The summed E-state index contributed by atoms with van der Waals surface area (Å²) in [4.78, 5) is 8.66. The Morgan fingerprint density at radius 1 is 1.44 bits per heavy atom. The first-order chi connectivity index (χ1) is 7.79. The van der Waals surface area contributed by atoms with Gasteiger partial charge in [-0.2, -0.15) is 4.37 Å². The van der Waals surface area contributed by atoms with Crippen molar-refractivity contribution in [2.75, 3.05) is 5.32 Å². The summed E-state index contributed by atoms with van der Waals surface area (Å²) in [6, 6.07) is 6.05. The number of aromatic nitrogens is 3. The molecule has 2 rings (SSSR count). The second-order valence-corrected chi connectivity index (χ2v) is 4.24. The number of hydrogen-bond donors (Lipinski definition) is 1. The van der Waals surface area contributed by atoms with Crippen LogP contribution in [-0.2, 0) is 6.42 Å². The minimum atomic E-state index is 0.152. The summed E-state index contributed by atoms with van der Waals surface area (Å²) in [5.41, 5.74) is 1.01. The molecule has 1 unspecified atom stereocenters. The topological polar surface area (TPSA) is 50.7 Å². The van der Waals surface area contributed by atoms with E-state index >= 15 is 0 Å². The number of pyridine rings is 1. The first kappa shape index (κ1) is 11.0. The largest absolute Gasteiger partial charge is 0.352 e. The highest BCUT2D eigenvalue weighted by molar-refractivity contribution is 7.09. The van der Waals surface area contributed by atoms with E-state index in [0.717, 1.165) is 23.1 Å². The molecular formula is C11H14N4S. The Hall–Kier alpha value is -1.49. The molecule has 0 aliphatic rings. The molecule has 0 saturated carbocycles. The first-order valence-electron chi connectivity index (χ1n) is 5.29.